The Hall–Kier alpha value is -3.31. The highest BCUT2D eigenvalue weighted by Crippen LogP contribution is 2.29. The maximum Gasteiger partial charge on any atom is 0.407 e. The van der Waals surface area contributed by atoms with E-state index < -0.39 is 35.8 Å². The predicted octanol–water partition coefficient (Wildman–Crippen LogP) is 0.727. The minimum absolute atomic E-state index is 0.0647. The first-order valence-corrected chi connectivity index (χ1v) is 11.5. The molecule has 0 bridgehead atoms. The van der Waals surface area contributed by atoms with Crippen LogP contribution in [-0.2, 0) is 20.9 Å². The van der Waals surface area contributed by atoms with Gasteiger partial charge in [-0.3, -0.25) is 29.4 Å². The number of hydrogen-bond acceptors (Lipinski definition) is 7. The molecule has 1 unspecified atom stereocenters. The zero-order valence-corrected chi connectivity index (χ0v) is 18.7. The van der Waals surface area contributed by atoms with Gasteiger partial charge < -0.3 is 20.1 Å². The summed E-state index contributed by atoms with van der Waals surface area (Å²) < 4.78 is 5.84. The SMILES string of the molecule is O=C1CCC(N2C(=O)c3cccc(CNCCCOC4CCN(C(=O)O)CC4)c3C2=O)C(=O)N1. The monoisotopic (exact) mass is 472 g/mol. The van der Waals surface area contributed by atoms with Crippen LogP contribution >= 0.6 is 0 Å². The van der Waals surface area contributed by atoms with Crippen LogP contribution in [0, 0.1) is 0 Å². The normalized spacial score (nSPS) is 21.1. The Bertz CT molecular complexity index is 1000. The Morgan fingerprint density at radius 1 is 1.12 bits per heavy atom. The summed E-state index contributed by atoms with van der Waals surface area (Å²) in [6.07, 6.45) is 1.50. The van der Waals surface area contributed by atoms with Crippen molar-refractivity contribution in [2.24, 2.45) is 0 Å². The molecule has 0 spiro atoms. The molecule has 0 aromatic heterocycles. The van der Waals surface area contributed by atoms with E-state index in [1.54, 1.807) is 18.2 Å². The van der Waals surface area contributed by atoms with Crippen molar-refractivity contribution < 1.29 is 33.8 Å². The van der Waals surface area contributed by atoms with E-state index in [-0.39, 0.29) is 24.5 Å². The van der Waals surface area contributed by atoms with Gasteiger partial charge in [-0.15, -0.1) is 0 Å². The number of imide groups is 2. The Morgan fingerprint density at radius 3 is 2.59 bits per heavy atom. The number of benzene rings is 1. The van der Waals surface area contributed by atoms with Gasteiger partial charge in [-0.25, -0.2) is 4.79 Å². The number of carboxylic acid groups (broad SMARTS) is 1. The van der Waals surface area contributed by atoms with E-state index in [1.807, 2.05) is 0 Å². The molecule has 3 heterocycles. The fourth-order valence-corrected chi connectivity index (χ4v) is 4.62. The lowest BCUT2D eigenvalue weighted by atomic mass is 10.0. The molecule has 3 N–H and O–H groups in total. The Kier molecular flexibility index (Phi) is 7.23. The maximum absolute atomic E-state index is 13.1. The molecule has 3 aliphatic rings. The number of piperidine rings is 2. The van der Waals surface area contributed by atoms with Gasteiger partial charge in [0.05, 0.1) is 17.2 Å². The van der Waals surface area contributed by atoms with Crippen LogP contribution in [0.25, 0.3) is 0 Å². The van der Waals surface area contributed by atoms with Gasteiger partial charge in [-0.2, -0.15) is 0 Å². The lowest BCUT2D eigenvalue weighted by Crippen LogP contribution is -2.54. The number of nitrogens with one attached hydrogen (secondary N) is 2. The van der Waals surface area contributed by atoms with E-state index in [2.05, 4.69) is 10.6 Å². The number of nitrogens with zero attached hydrogens (tertiary/aromatic N) is 2. The minimum Gasteiger partial charge on any atom is -0.465 e. The van der Waals surface area contributed by atoms with Crippen molar-refractivity contribution in [3.63, 3.8) is 0 Å². The molecule has 2 saturated heterocycles. The zero-order valence-electron chi connectivity index (χ0n) is 18.7. The molecular formula is C23H28N4O7. The van der Waals surface area contributed by atoms with Crippen molar-refractivity contribution in [2.75, 3.05) is 26.2 Å². The van der Waals surface area contributed by atoms with Crippen molar-refractivity contribution in [2.45, 2.75) is 50.8 Å². The number of rotatable bonds is 8. The predicted molar refractivity (Wildman–Crippen MR) is 118 cm³/mol. The maximum atomic E-state index is 13.1. The van der Waals surface area contributed by atoms with Crippen LogP contribution in [0.15, 0.2) is 18.2 Å². The molecule has 1 aromatic rings. The van der Waals surface area contributed by atoms with E-state index >= 15 is 0 Å². The molecular weight excluding hydrogens is 444 g/mol. The van der Waals surface area contributed by atoms with Gasteiger partial charge in [0.1, 0.15) is 6.04 Å². The van der Waals surface area contributed by atoms with Crippen LogP contribution in [0.3, 0.4) is 0 Å². The summed E-state index contributed by atoms with van der Waals surface area (Å²) in [4.78, 5) is 62.9. The van der Waals surface area contributed by atoms with E-state index in [1.165, 1.54) is 4.90 Å². The smallest absolute Gasteiger partial charge is 0.407 e. The molecule has 11 nitrogen and oxygen atoms in total. The Balaban J connectivity index is 1.26. The number of ether oxygens (including phenoxy) is 1. The van der Waals surface area contributed by atoms with Crippen LogP contribution in [0.4, 0.5) is 4.79 Å². The van der Waals surface area contributed by atoms with Crippen LogP contribution in [-0.4, -0.2) is 83.0 Å². The molecule has 1 atom stereocenters. The highest BCUT2D eigenvalue weighted by molar-refractivity contribution is 6.24. The van der Waals surface area contributed by atoms with E-state index in [4.69, 9.17) is 9.84 Å². The van der Waals surface area contributed by atoms with Gasteiger partial charge in [0.2, 0.25) is 11.8 Å². The molecule has 0 saturated carbocycles. The fourth-order valence-electron chi connectivity index (χ4n) is 4.62. The summed E-state index contributed by atoms with van der Waals surface area (Å²) in [5.74, 6) is -2.06. The van der Waals surface area contributed by atoms with Gasteiger partial charge in [-0.1, -0.05) is 12.1 Å². The number of fused-ring (bicyclic) bond motifs is 1. The molecule has 0 aliphatic carbocycles. The van der Waals surface area contributed by atoms with Crippen molar-refractivity contribution in [1.82, 2.24) is 20.4 Å². The van der Waals surface area contributed by atoms with Crippen LogP contribution in [0.1, 0.15) is 58.4 Å². The number of carbonyl (C=O) groups excluding carboxylic acids is 4. The van der Waals surface area contributed by atoms with Crippen molar-refractivity contribution >= 4 is 29.7 Å². The van der Waals surface area contributed by atoms with Gasteiger partial charge in [-0.05, 0) is 43.9 Å². The largest absolute Gasteiger partial charge is 0.465 e. The van der Waals surface area contributed by atoms with Gasteiger partial charge in [0, 0.05) is 32.7 Å². The highest BCUT2D eigenvalue weighted by atomic mass is 16.5. The van der Waals surface area contributed by atoms with E-state index in [0.717, 1.165) is 11.3 Å². The summed E-state index contributed by atoms with van der Waals surface area (Å²) in [6.45, 7) is 2.53. The molecule has 3 aliphatic heterocycles. The average molecular weight is 472 g/mol. The molecule has 0 radical (unpaired) electrons. The van der Waals surface area contributed by atoms with Crippen LogP contribution < -0.4 is 10.6 Å². The van der Waals surface area contributed by atoms with Gasteiger partial charge in [0.25, 0.3) is 11.8 Å². The first kappa shape index (κ1) is 23.8. The first-order valence-electron chi connectivity index (χ1n) is 11.5. The second-order valence-corrected chi connectivity index (χ2v) is 8.66. The quantitative estimate of drug-likeness (QED) is 0.371. The lowest BCUT2D eigenvalue weighted by Gasteiger charge is -2.29. The summed E-state index contributed by atoms with van der Waals surface area (Å²) in [5.41, 5.74) is 1.24. The zero-order chi connectivity index (χ0) is 24.2. The first-order chi connectivity index (χ1) is 16.4. The Morgan fingerprint density at radius 2 is 1.88 bits per heavy atom. The third kappa shape index (κ3) is 4.95. The standard InChI is InChI=1S/C23H28N4O7/c28-18-6-5-17(20(29)25-18)27-21(30)16-4-1-3-14(19(16)22(27)31)13-24-9-2-12-34-15-7-10-26(11-8-15)23(32)33/h1,3-4,15,17,24H,2,5-13H2,(H,32,33)(H,25,28,29). The molecule has 5 amide bonds. The molecule has 2 fully saturated rings. The topological polar surface area (TPSA) is 145 Å². The minimum atomic E-state index is -0.981. The fraction of sp³-hybridized carbons (Fsp3) is 0.522. The summed E-state index contributed by atoms with van der Waals surface area (Å²) in [7, 11) is 0. The summed E-state index contributed by atoms with van der Waals surface area (Å²) in [5, 5.41) is 14.4. The van der Waals surface area contributed by atoms with Crippen molar-refractivity contribution in [3.8, 4) is 0 Å². The third-order valence-electron chi connectivity index (χ3n) is 6.43. The van der Waals surface area contributed by atoms with E-state index in [0.29, 0.717) is 56.8 Å². The average Bonchev–Trinajstić information content (AvgIpc) is 3.07. The van der Waals surface area contributed by atoms with Crippen molar-refractivity contribution in [1.29, 1.82) is 0 Å². The summed E-state index contributed by atoms with van der Waals surface area (Å²) in [6, 6.07) is 4.08. The lowest BCUT2D eigenvalue weighted by molar-refractivity contribution is -0.136. The number of carbonyl (C=O) groups is 5. The molecule has 1 aromatic carbocycles. The van der Waals surface area contributed by atoms with Gasteiger partial charge in [0.15, 0.2) is 0 Å². The van der Waals surface area contributed by atoms with Crippen LogP contribution in [0.5, 0.6) is 0 Å². The Labute approximate surface area is 196 Å². The number of amides is 5. The number of likely N-dealkylation sites (tertiary alicyclic amines) is 1. The van der Waals surface area contributed by atoms with E-state index in [9.17, 15) is 24.0 Å². The highest BCUT2D eigenvalue weighted by Gasteiger charge is 2.45. The third-order valence-corrected chi connectivity index (χ3v) is 6.43. The molecule has 34 heavy (non-hydrogen) atoms. The van der Waals surface area contributed by atoms with Crippen LogP contribution in [0.2, 0.25) is 0 Å². The molecule has 11 heteroatoms. The van der Waals surface area contributed by atoms with Gasteiger partial charge >= 0.3 is 6.09 Å². The second-order valence-electron chi connectivity index (χ2n) is 8.66. The second kappa shape index (κ2) is 10.3. The van der Waals surface area contributed by atoms with Crippen molar-refractivity contribution in [3.05, 3.63) is 34.9 Å². The molecule has 182 valence electrons. The number of hydrogen-bond donors (Lipinski definition) is 3. The summed E-state index contributed by atoms with van der Waals surface area (Å²) >= 11 is 0. The molecule has 4 rings (SSSR count).